The van der Waals surface area contributed by atoms with Gasteiger partial charge in [-0.15, -0.1) is 4.33 Å². The highest BCUT2D eigenvalue weighted by Gasteiger charge is 2.21. The largest absolute Gasteiger partial charge is 0.377 e. The number of rotatable bonds is 8. The lowest BCUT2D eigenvalue weighted by molar-refractivity contribution is -0.432. The second-order valence-electron chi connectivity index (χ2n) is 6.18. The van der Waals surface area contributed by atoms with Crippen molar-refractivity contribution in [2.75, 3.05) is 38.0 Å². The SMILES string of the molecule is CN(C)c1ccc(C(=O)c2ccc(N(C)C)c(S(=O)(=O)O)c2)cc1SOOO. The molecule has 0 atom stereocenters. The Morgan fingerprint density at radius 2 is 1.50 bits per heavy atom. The summed E-state index contributed by atoms with van der Waals surface area (Å²) < 4.78 is 37.4. The van der Waals surface area contributed by atoms with Crippen LogP contribution in [-0.4, -0.2) is 52.2 Å². The molecule has 0 bridgehead atoms. The zero-order valence-corrected chi connectivity index (χ0v) is 17.2. The summed E-state index contributed by atoms with van der Waals surface area (Å²) in [5.41, 5.74) is 1.31. The number of anilines is 2. The van der Waals surface area contributed by atoms with Gasteiger partial charge in [0.15, 0.2) is 5.78 Å². The molecule has 0 unspecified atom stereocenters. The summed E-state index contributed by atoms with van der Waals surface area (Å²) in [6.07, 6.45) is 0. The van der Waals surface area contributed by atoms with Gasteiger partial charge in [-0.05, 0) is 36.4 Å². The highest BCUT2D eigenvalue weighted by Crippen LogP contribution is 2.32. The number of benzene rings is 2. The smallest absolute Gasteiger partial charge is 0.296 e. The van der Waals surface area contributed by atoms with Gasteiger partial charge in [-0.25, -0.2) is 5.26 Å². The summed E-state index contributed by atoms with van der Waals surface area (Å²) in [6, 6.07) is 8.83. The van der Waals surface area contributed by atoms with Crippen molar-refractivity contribution in [1.29, 1.82) is 0 Å². The quantitative estimate of drug-likeness (QED) is 0.214. The normalized spacial score (nSPS) is 11.4. The molecular formula is C17H20N2O7S2. The summed E-state index contributed by atoms with van der Waals surface area (Å²) in [4.78, 5) is 16.3. The topological polar surface area (TPSA) is 117 Å². The van der Waals surface area contributed by atoms with E-state index in [-0.39, 0.29) is 21.7 Å². The summed E-state index contributed by atoms with van der Waals surface area (Å²) in [7, 11) is 2.30. The van der Waals surface area contributed by atoms with Crippen LogP contribution in [0.3, 0.4) is 0 Å². The van der Waals surface area contributed by atoms with Crippen LogP contribution in [0.4, 0.5) is 11.4 Å². The van der Waals surface area contributed by atoms with Gasteiger partial charge in [0.25, 0.3) is 10.1 Å². The van der Waals surface area contributed by atoms with Gasteiger partial charge >= 0.3 is 0 Å². The predicted molar refractivity (Wildman–Crippen MR) is 105 cm³/mol. The lowest BCUT2D eigenvalue weighted by Crippen LogP contribution is -2.15. The van der Waals surface area contributed by atoms with Gasteiger partial charge < -0.3 is 9.80 Å². The van der Waals surface area contributed by atoms with E-state index in [0.29, 0.717) is 22.6 Å². The minimum absolute atomic E-state index is 0.0890. The van der Waals surface area contributed by atoms with Crippen molar-refractivity contribution in [2.24, 2.45) is 0 Å². The molecule has 0 amide bonds. The molecule has 9 nitrogen and oxygen atoms in total. The molecule has 2 rings (SSSR count). The van der Waals surface area contributed by atoms with Crippen molar-refractivity contribution in [2.45, 2.75) is 9.79 Å². The van der Waals surface area contributed by atoms with Gasteiger partial charge in [0.1, 0.15) is 4.90 Å². The molecule has 0 heterocycles. The summed E-state index contributed by atoms with van der Waals surface area (Å²) >= 11 is 0.707. The Bertz CT molecular complexity index is 975. The number of nitrogens with zero attached hydrogens (tertiary/aromatic N) is 2. The van der Waals surface area contributed by atoms with Crippen molar-refractivity contribution in [3.05, 3.63) is 47.5 Å². The van der Waals surface area contributed by atoms with Crippen LogP contribution in [-0.2, 0) is 19.5 Å². The number of hydrogen-bond donors (Lipinski definition) is 2. The fraction of sp³-hybridized carbons (Fsp3) is 0.235. The molecule has 11 heteroatoms. The molecule has 0 radical (unpaired) electrons. The Hall–Kier alpha value is -2.15. The van der Waals surface area contributed by atoms with Crippen LogP contribution < -0.4 is 9.80 Å². The molecule has 28 heavy (non-hydrogen) atoms. The van der Waals surface area contributed by atoms with Crippen LogP contribution in [0.2, 0.25) is 0 Å². The maximum atomic E-state index is 12.9. The first kappa shape index (κ1) is 22.1. The van der Waals surface area contributed by atoms with Gasteiger partial charge in [-0.3, -0.25) is 9.35 Å². The third kappa shape index (κ3) is 5.01. The molecule has 0 saturated heterocycles. The third-order valence-electron chi connectivity index (χ3n) is 3.84. The van der Waals surface area contributed by atoms with Crippen LogP contribution in [0.5, 0.6) is 0 Å². The van der Waals surface area contributed by atoms with Gasteiger partial charge in [-0.2, -0.15) is 8.42 Å². The Labute approximate surface area is 167 Å². The highest BCUT2D eigenvalue weighted by atomic mass is 32.2. The van der Waals surface area contributed by atoms with Gasteiger partial charge in [0, 0.05) is 39.3 Å². The summed E-state index contributed by atoms with van der Waals surface area (Å²) in [5.74, 6) is -0.452. The second-order valence-corrected chi connectivity index (χ2v) is 8.32. The van der Waals surface area contributed by atoms with E-state index >= 15 is 0 Å². The van der Waals surface area contributed by atoms with E-state index in [0.717, 1.165) is 6.07 Å². The lowest BCUT2D eigenvalue weighted by atomic mass is 10.0. The number of ketones is 1. The van der Waals surface area contributed by atoms with Crippen molar-refractivity contribution < 1.29 is 32.4 Å². The van der Waals surface area contributed by atoms with Crippen molar-refractivity contribution in [1.82, 2.24) is 0 Å². The summed E-state index contributed by atoms with van der Waals surface area (Å²) in [5, 5.41) is 12.0. The molecule has 0 saturated carbocycles. The number of carbonyl (C=O) groups excluding carboxylic acids is 1. The predicted octanol–water partition coefficient (Wildman–Crippen LogP) is 2.72. The van der Waals surface area contributed by atoms with Gasteiger partial charge in [0.05, 0.1) is 28.3 Å². The third-order valence-corrected chi connectivity index (χ3v) is 5.36. The van der Waals surface area contributed by atoms with E-state index in [1.807, 2.05) is 0 Å². The maximum absolute atomic E-state index is 12.9. The molecule has 0 spiro atoms. The van der Waals surface area contributed by atoms with Crippen LogP contribution in [0.1, 0.15) is 15.9 Å². The highest BCUT2D eigenvalue weighted by molar-refractivity contribution is 7.94. The lowest BCUT2D eigenvalue weighted by Gasteiger charge is -2.18. The molecule has 152 valence electrons. The molecule has 0 aliphatic rings. The first-order chi connectivity index (χ1) is 13.1. The Morgan fingerprint density at radius 3 is 2.00 bits per heavy atom. The molecule has 2 aromatic rings. The van der Waals surface area contributed by atoms with Crippen molar-refractivity contribution in [3.63, 3.8) is 0 Å². The van der Waals surface area contributed by atoms with E-state index in [1.165, 1.54) is 23.1 Å². The van der Waals surface area contributed by atoms with Crippen LogP contribution in [0, 0.1) is 0 Å². The average Bonchev–Trinajstić information content (AvgIpc) is 2.64. The van der Waals surface area contributed by atoms with E-state index < -0.39 is 15.9 Å². The maximum Gasteiger partial charge on any atom is 0.296 e. The number of hydrogen-bond acceptors (Lipinski definition) is 9. The molecule has 0 fully saturated rings. The molecule has 0 aliphatic heterocycles. The molecular weight excluding hydrogens is 408 g/mol. The molecule has 2 N–H and O–H groups in total. The van der Waals surface area contributed by atoms with Crippen LogP contribution in [0.25, 0.3) is 0 Å². The zero-order valence-electron chi connectivity index (χ0n) is 15.6. The van der Waals surface area contributed by atoms with E-state index in [9.17, 15) is 17.8 Å². The van der Waals surface area contributed by atoms with Gasteiger partial charge in [-0.1, -0.05) is 5.04 Å². The first-order valence-electron chi connectivity index (χ1n) is 7.86. The fourth-order valence-corrected chi connectivity index (χ4v) is 3.95. The zero-order chi connectivity index (χ0) is 21.1. The fourth-order valence-electron chi connectivity index (χ4n) is 2.54. The summed E-state index contributed by atoms with van der Waals surface area (Å²) in [6.45, 7) is 0. The Morgan fingerprint density at radius 1 is 0.964 bits per heavy atom. The van der Waals surface area contributed by atoms with E-state index in [1.54, 1.807) is 45.2 Å². The van der Waals surface area contributed by atoms with Crippen LogP contribution in [0.15, 0.2) is 46.2 Å². The van der Waals surface area contributed by atoms with Crippen molar-refractivity contribution in [3.8, 4) is 0 Å². The average molecular weight is 428 g/mol. The molecule has 0 aromatic heterocycles. The second kappa shape index (κ2) is 8.90. The molecule has 2 aromatic carbocycles. The Kier molecular flexibility index (Phi) is 7.04. The van der Waals surface area contributed by atoms with Gasteiger partial charge in [0.2, 0.25) is 0 Å². The number of carbonyl (C=O) groups is 1. The monoisotopic (exact) mass is 428 g/mol. The first-order valence-corrected chi connectivity index (χ1v) is 10.0. The Balaban J connectivity index is 2.51. The van der Waals surface area contributed by atoms with E-state index in [4.69, 9.17) is 5.26 Å². The van der Waals surface area contributed by atoms with Crippen molar-refractivity contribution >= 4 is 39.3 Å². The standard InChI is InChI=1S/C17H20N2O7S2/c1-18(2)13-7-5-11(9-15(13)27-26-25-21)17(20)12-6-8-14(19(3)4)16(10-12)28(22,23)24/h5-10,21H,1-4H3,(H,22,23,24). The van der Waals surface area contributed by atoms with Crippen LogP contribution >= 0.6 is 12.0 Å². The molecule has 0 aliphatic carbocycles. The minimum atomic E-state index is -4.52. The van der Waals surface area contributed by atoms with E-state index in [2.05, 4.69) is 9.37 Å². The minimum Gasteiger partial charge on any atom is -0.377 e.